The topological polar surface area (TPSA) is 38.9 Å². The van der Waals surface area contributed by atoms with Gasteiger partial charge in [0.1, 0.15) is 0 Å². The van der Waals surface area contributed by atoms with Crippen LogP contribution in [0.5, 0.6) is 0 Å². The molecule has 102 valence electrons. The SMILES string of the molecule is ClC(Cl)(Cl)c1ccc(-c2nnc(C(Cl)(Cl)Cl)o2)cc1. The molecule has 0 saturated carbocycles. The summed E-state index contributed by atoms with van der Waals surface area (Å²) in [5, 5.41) is 7.42. The molecular weight excluding hydrogens is 377 g/mol. The predicted molar refractivity (Wildman–Crippen MR) is 78.2 cm³/mol. The van der Waals surface area contributed by atoms with Crippen LogP contribution >= 0.6 is 69.6 Å². The van der Waals surface area contributed by atoms with Crippen LogP contribution in [0.1, 0.15) is 11.5 Å². The summed E-state index contributed by atoms with van der Waals surface area (Å²) in [6.45, 7) is 0. The second-order valence-corrected chi connectivity index (χ2v) is 8.05. The average molecular weight is 381 g/mol. The summed E-state index contributed by atoms with van der Waals surface area (Å²) < 4.78 is 1.99. The van der Waals surface area contributed by atoms with Crippen molar-refractivity contribution in [1.29, 1.82) is 0 Å². The summed E-state index contributed by atoms with van der Waals surface area (Å²) >= 11 is 34.1. The van der Waals surface area contributed by atoms with Crippen LogP contribution in [-0.2, 0) is 7.59 Å². The van der Waals surface area contributed by atoms with Crippen LogP contribution in [0.2, 0.25) is 0 Å². The third-order valence-corrected chi connectivity index (χ3v) is 3.27. The lowest BCUT2D eigenvalue weighted by atomic mass is 10.1. The Morgan fingerprint density at radius 2 is 1.37 bits per heavy atom. The van der Waals surface area contributed by atoms with Gasteiger partial charge < -0.3 is 4.42 Å². The number of alkyl halides is 6. The molecule has 1 heterocycles. The van der Waals surface area contributed by atoms with Crippen molar-refractivity contribution in [2.75, 3.05) is 0 Å². The molecule has 1 aromatic heterocycles. The lowest BCUT2D eigenvalue weighted by molar-refractivity contribution is 0.514. The molecule has 1 aromatic carbocycles. The molecule has 0 unspecified atom stereocenters. The minimum atomic E-state index is -1.76. The smallest absolute Gasteiger partial charge is 0.268 e. The van der Waals surface area contributed by atoms with Crippen LogP contribution in [0.3, 0.4) is 0 Å². The number of hydrogen-bond donors (Lipinski definition) is 0. The molecule has 0 aliphatic heterocycles. The predicted octanol–water partition coefficient (Wildman–Crippen LogP) is 5.39. The van der Waals surface area contributed by atoms with Gasteiger partial charge in [0.25, 0.3) is 9.68 Å². The van der Waals surface area contributed by atoms with Gasteiger partial charge in [-0.05, 0) is 12.1 Å². The molecule has 0 fully saturated rings. The Morgan fingerprint density at radius 1 is 0.789 bits per heavy atom. The molecular formula is C10H4Cl6N2O. The fourth-order valence-electron chi connectivity index (χ4n) is 1.26. The number of aromatic nitrogens is 2. The maximum absolute atomic E-state index is 5.75. The van der Waals surface area contributed by atoms with E-state index in [-0.39, 0.29) is 11.8 Å². The molecule has 0 amide bonds. The van der Waals surface area contributed by atoms with Gasteiger partial charge in [0.15, 0.2) is 0 Å². The standard InChI is InChI=1S/C10H4Cl6N2O/c11-9(12,13)6-3-1-5(2-4-6)7-17-18-8(19-7)10(14,15)16/h1-4H. The minimum Gasteiger partial charge on any atom is -0.416 e. The summed E-state index contributed by atoms with van der Waals surface area (Å²) in [6, 6.07) is 6.57. The van der Waals surface area contributed by atoms with E-state index < -0.39 is 7.59 Å². The lowest BCUT2D eigenvalue weighted by Gasteiger charge is -2.10. The van der Waals surface area contributed by atoms with Crippen molar-refractivity contribution < 1.29 is 4.42 Å². The van der Waals surface area contributed by atoms with Gasteiger partial charge in [-0.25, -0.2) is 0 Å². The Kier molecular flexibility index (Phi) is 4.46. The van der Waals surface area contributed by atoms with Crippen LogP contribution in [0.15, 0.2) is 28.7 Å². The number of hydrogen-bond acceptors (Lipinski definition) is 3. The highest BCUT2D eigenvalue weighted by Crippen LogP contribution is 2.40. The van der Waals surface area contributed by atoms with Crippen molar-refractivity contribution in [3.63, 3.8) is 0 Å². The van der Waals surface area contributed by atoms with E-state index >= 15 is 0 Å². The van der Waals surface area contributed by atoms with Gasteiger partial charge in [-0.2, -0.15) is 0 Å². The zero-order valence-electron chi connectivity index (χ0n) is 8.88. The lowest BCUT2D eigenvalue weighted by Crippen LogP contribution is -1.99. The van der Waals surface area contributed by atoms with E-state index in [9.17, 15) is 0 Å². The van der Waals surface area contributed by atoms with Crippen molar-refractivity contribution in [2.24, 2.45) is 0 Å². The van der Waals surface area contributed by atoms with E-state index in [1.54, 1.807) is 24.3 Å². The Labute approximate surface area is 138 Å². The van der Waals surface area contributed by atoms with Gasteiger partial charge >= 0.3 is 0 Å². The van der Waals surface area contributed by atoms with E-state index in [1.165, 1.54) is 0 Å². The second kappa shape index (κ2) is 5.47. The molecule has 9 heteroatoms. The van der Waals surface area contributed by atoms with Crippen molar-refractivity contribution in [1.82, 2.24) is 10.2 Å². The molecule has 0 atom stereocenters. The van der Waals surface area contributed by atoms with E-state index in [4.69, 9.17) is 74.0 Å². The third-order valence-electron chi connectivity index (χ3n) is 2.13. The maximum Gasteiger partial charge on any atom is 0.268 e. The van der Waals surface area contributed by atoms with Gasteiger partial charge in [0, 0.05) is 11.1 Å². The quantitative estimate of drug-likeness (QED) is 0.622. The Morgan fingerprint density at radius 3 is 1.79 bits per heavy atom. The summed E-state index contributed by atoms with van der Waals surface area (Å²) in [5.74, 6) is 0.0927. The molecule has 0 radical (unpaired) electrons. The molecule has 2 aromatic rings. The first-order valence-corrected chi connectivity index (χ1v) is 7.03. The molecule has 0 bridgehead atoms. The molecule has 3 nitrogen and oxygen atoms in total. The number of rotatable bonds is 1. The summed E-state index contributed by atoms with van der Waals surface area (Å²) in [4.78, 5) is 0. The van der Waals surface area contributed by atoms with Gasteiger partial charge in [-0.1, -0.05) is 81.7 Å². The summed E-state index contributed by atoms with van der Waals surface area (Å²) in [5.41, 5.74) is 1.13. The van der Waals surface area contributed by atoms with Crippen LogP contribution in [0.25, 0.3) is 11.5 Å². The van der Waals surface area contributed by atoms with Crippen molar-refractivity contribution in [3.8, 4) is 11.5 Å². The van der Waals surface area contributed by atoms with Crippen LogP contribution in [0.4, 0.5) is 0 Å². The largest absolute Gasteiger partial charge is 0.416 e. The summed E-state index contributed by atoms with van der Waals surface area (Å²) in [6.07, 6.45) is 0. The second-order valence-electron chi connectivity index (χ2n) is 3.49. The van der Waals surface area contributed by atoms with Gasteiger partial charge in [0.2, 0.25) is 9.68 Å². The van der Waals surface area contributed by atoms with E-state index in [0.717, 1.165) is 0 Å². The van der Waals surface area contributed by atoms with Crippen molar-refractivity contribution >= 4 is 69.6 Å². The zero-order chi connectivity index (χ0) is 14.3. The van der Waals surface area contributed by atoms with Crippen LogP contribution in [0, 0.1) is 0 Å². The van der Waals surface area contributed by atoms with Crippen molar-refractivity contribution in [2.45, 2.75) is 7.59 Å². The number of halogens is 6. The Hall–Kier alpha value is 0.1000. The third kappa shape index (κ3) is 3.81. The summed E-state index contributed by atoms with van der Waals surface area (Å²) in [7, 11) is 0. The van der Waals surface area contributed by atoms with Crippen molar-refractivity contribution in [3.05, 3.63) is 35.7 Å². The Balaban J connectivity index is 2.31. The van der Waals surface area contributed by atoms with Crippen LogP contribution < -0.4 is 0 Å². The van der Waals surface area contributed by atoms with Gasteiger partial charge in [-0.3, -0.25) is 0 Å². The molecule has 19 heavy (non-hydrogen) atoms. The monoisotopic (exact) mass is 378 g/mol. The molecule has 2 rings (SSSR count). The molecule has 0 saturated heterocycles. The maximum atomic E-state index is 5.75. The molecule has 0 aliphatic rings. The van der Waals surface area contributed by atoms with Gasteiger partial charge in [-0.15, -0.1) is 10.2 Å². The van der Waals surface area contributed by atoms with E-state index in [0.29, 0.717) is 11.1 Å². The van der Waals surface area contributed by atoms with E-state index in [1.807, 2.05) is 0 Å². The minimum absolute atomic E-state index is 0.113. The molecule has 0 aliphatic carbocycles. The highest BCUT2D eigenvalue weighted by Gasteiger charge is 2.30. The average Bonchev–Trinajstić information content (AvgIpc) is 2.77. The highest BCUT2D eigenvalue weighted by molar-refractivity contribution is 6.67. The fraction of sp³-hybridized carbons (Fsp3) is 0.200. The molecule has 0 N–H and O–H groups in total. The molecule has 0 spiro atoms. The Bertz CT molecular complexity index is 569. The number of benzene rings is 1. The zero-order valence-corrected chi connectivity index (χ0v) is 13.4. The first-order valence-electron chi connectivity index (χ1n) is 4.76. The van der Waals surface area contributed by atoms with Gasteiger partial charge in [0.05, 0.1) is 0 Å². The fourth-order valence-corrected chi connectivity index (χ4v) is 1.86. The highest BCUT2D eigenvalue weighted by atomic mass is 35.6. The number of nitrogens with zero attached hydrogens (tertiary/aromatic N) is 2. The van der Waals surface area contributed by atoms with E-state index in [2.05, 4.69) is 10.2 Å². The first kappa shape index (κ1) is 15.5. The normalized spacial score (nSPS) is 12.7. The first-order chi connectivity index (χ1) is 8.68. The van der Waals surface area contributed by atoms with Crippen LogP contribution in [-0.4, -0.2) is 10.2 Å².